The molecule has 1 aromatic rings. The summed E-state index contributed by atoms with van der Waals surface area (Å²) in [5.41, 5.74) is 2.53. The lowest BCUT2D eigenvalue weighted by Gasteiger charge is -2.15. The molecule has 1 atom stereocenters. The monoisotopic (exact) mass is 257 g/mol. The maximum atomic E-state index is 5.39. The highest BCUT2D eigenvalue weighted by atomic mass is 32.1. The fourth-order valence-electron chi connectivity index (χ4n) is 1.28. The van der Waals surface area contributed by atoms with E-state index in [1.54, 1.807) is 18.4 Å². The van der Waals surface area contributed by atoms with Crippen LogP contribution in [-0.2, 0) is 11.3 Å². The normalized spacial score (nSPS) is 13.5. The van der Waals surface area contributed by atoms with Crippen molar-refractivity contribution in [2.75, 3.05) is 13.7 Å². The van der Waals surface area contributed by atoms with Gasteiger partial charge in [-0.2, -0.15) is 0 Å². The van der Waals surface area contributed by atoms with Crippen molar-refractivity contribution in [1.82, 2.24) is 15.7 Å². The van der Waals surface area contributed by atoms with E-state index in [2.05, 4.69) is 20.7 Å². The van der Waals surface area contributed by atoms with Gasteiger partial charge >= 0.3 is 0 Å². The first-order valence-corrected chi connectivity index (χ1v) is 6.15. The minimum absolute atomic E-state index is 0.146. The average molecular weight is 257 g/mol. The van der Waals surface area contributed by atoms with Crippen molar-refractivity contribution in [3.63, 3.8) is 0 Å². The highest BCUT2D eigenvalue weighted by molar-refractivity contribution is 7.11. The number of aliphatic imine (C=N–C) groups is 1. The lowest BCUT2D eigenvalue weighted by atomic mass is 10.4. The van der Waals surface area contributed by atoms with E-state index in [0.717, 1.165) is 5.01 Å². The summed E-state index contributed by atoms with van der Waals surface area (Å²) in [5, 5.41) is 4.08. The van der Waals surface area contributed by atoms with Gasteiger partial charge in [0.15, 0.2) is 0 Å². The standard InChI is InChI=1S/C10H19N5OS/c1-7(6-16-3)14-10(15-11)13-5-9-12-4-8(2)17-9/h4,7H,5-6,11H2,1-3H3,(H2,13,14,15). The third-order valence-electron chi connectivity index (χ3n) is 1.98. The molecule has 0 aliphatic heterocycles. The van der Waals surface area contributed by atoms with E-state index in [1.807, 2.05) is 20.0 Å². The molecule has 1 rings (SSSR count). The fourth-order valence-corrected chi connectivity index (χ4v) is 1.99. The molecule has 0 spiro atoms. The van der Waals surface area contributed by atoms with Crippen LogP contribution in [-0.4, -0.2) is 30.7 Å². The minimum Gasteiger partial charge on any atom is -0.383 e. The summed E-state index contributed by atoms with van der Waals surface area (Å²) in [5.74, 6) is 5.93. The van der Waals surface area contributed by atoms with E-state index in [9.17, 15) is 0 Å². The summed E-state index contributed by atoms with van der Waals surface area (Å²) in [6.07, 6.45) is 1.84. The van der Waals surface area contributed by atoms with Crippen LogP contribution in [0.3, 0.4) is 0 Å². The zero-order valence-corrected chi connectivity index (χ0v) is 11.2. The molecule has 0 radical (unpaired) electrons. The van der Waals surface area contributed by atoms with Gasteiger partial charge in [0.1, 0.15) is 5.01 Å². The van der Waals surface area contributed by atoms with E-state index in [4.69, 9.17) is 10.6 Å². The number of ether oxygens (including phenoxy) is 1. The van der Waals surface area contributed by atoms with Crippen molar-refractivity contribution < 1.29 is 4.74 Å². The summed E-state index contributed by atoms with van der Waals surface area (Å²) < 4.78 is 5.02. The van der Waals surface area contributed by atoms with E-state index in [0.29, 0.717) is 19.1 Å². The van der Waals surface area contributed by atoms with E-state index >= 15 is 0 Å². The Hall–Kier alpha value is -1.18. The SMILES string of the molecule is COCC(C)NC(=NCc1ncc(C)s1)NN. The summed E-state index contributed by atoms with van der Waals surface area (Å²) >= 11 is 1.63. The summed E-state index contributed by atoms with van der Waals surface area (Å²) in [6, 6.07) is 0.146. The number of hydrogen-bond acceptors (Lipinski definition) is 5. The van der Waals surface area contributed by atoms with Gasteiger partial charge in [-0.25, -0.2) is 15.8 Å². The van der Waals surface area contributed by atoms with Crippen LogP contribution >= 0.6 is 11.3 Å². The molecule has 0 aliphatic rings. The summed E-state index contributed by atoms with van der Waals surface area (Å²) in [7, 11) is 1.66. The first-order chi connectivity index (χ1) is 8.15. The van der Waals surface area contributed by atoms with Gasteiger partial charge in [-0.3, -0.25) is 5.43 Å². The molecule has 0 aromatic carbocycles. The highest BCUT2D eigenvalue weighted by Crippen LogP contribution is 2.11. The van der Waals surface area contributed by atoms with Crippen molar-refractivity contribution in [3.8, 4) is 0 Å². The number of nitrogens with zero attached hydrogens (tertiary/aromatic N) is 2. The predicted octanol–water partition coefficient (Wildman–Crippen LogP) is 0.395. The number of guanidine groups is 1. The van der Waals surface area contributed by atoms with Gasteiger partial charge < -0.3 is 10.1 Å². The molecule has 0 saturated carbocycles. The van der Waals surface area contributed by atoms with Crippen LogP contribution in [0.2, 0.25) is 0 Å². The van der Waals surface area contributed by atoms with Crippen LogP contribution in [0.5, 0.6) is 0 Å². The summed E-state index contributed by atoms with van der Waals surface area (Å²) in [6.45, 7) is 5.12. The van der Waals surface area contributed by atoms with E-state index < -0.39 is 0 Å². The van der Waals surface area contributed by atoms with Crippen LogP contribution in [0.15, 0.2) is 11.2 Å². The second-order valence-electron chi connectivity index (χ2n) is 3.67. The van der Waals surface area contributed by atoms with E-state index in [-0.39, 0.29) is 6.04 Å². The van der Waals surface area contributed by atoms with Gasteiger partial charge in [0.2, 0.25) is 5.96 Å². The number of hydrazine groups is 1. The van der Waals surface area contributed by atoms with Gasteiger partial charge in [0, 0.05) is 24.2 Å². The molecule has 7 heteroatoms. The van der Waals surface area contributed by atoms with Gasteiger partial charge in [-0.15, -0.1) is 11.3 Å². The zero-order chi connectivity index (χ0) is 12.7. The van der Waals surface area contributed by atoms with Crippen molar-refractivity contribution in [2.24, 2.45) is 10.8 Å². The molecule has 6 nitrogen and oxygen atoms in total. The molecular weight excluding hydrogens is 238 g/mol. The Morgan fingerprint density at radius 2 is 2.47 bits per heavy atom. The molecule has 1 aromatic heterocycles. The number of thiazole rings is 1. The molecule has 0 aliphatic carbocycles. The molecule has 96 valence electrons. The van der Waals surface area contributed by atoms with E-state index in [1.165, 1.54) is 4.88 Å². The molecular formula is C10H19N5OS. The van der Waals surface area contributed by atoms with Crippen molar-refractivity contribution in [2.45, 2.75) is 26.4 Å². The number of rotatable bonds is 5. The third kappa shape index (κ3) is 5.12. The topological polar surface area (TPSA) is 84.6 Å². The lowest BCUT2D eigenvalue weighted by molar-refractivity contribution is 0.179. The molecule has 0 fully saturated rings. The van der Waals surface area contributed by atoms with Crippen molar-refractivity contribution >= 4 is 17.3 Å². The quantitative estimate of drug-likeness (QED) is 0.308. The number of aromatic nitrogens is 1. The maximum absolute atomic E-state index is 5.39. The Bertz CT molecular complexity index is 365. The van der Waals surface area contributed by atoms with Gasteiger partial charge in [-0.1, -0.05) is 0 Å². The molecule has 0 amide bonds. The number of aryl methyl sites for hydroxylation is 1. The highest BCUT2D eigenvalue weighted by Gasteiger charge is 2.04. The van der Waals surface area contributed by atoms with Gasteiger partial charge in [-0.05, 0) is 13.8 Å². The van der Waals surface area contributed by atoms with Crippen LogP contribution in [0.25, 0.3) is 0 Å². The second-order valence-corrected chi connectivity index (χ2v) is 4.99. The van der Waals surface area contributed by atoms with Crippen molar-refractivity contribution in [1.29, 1.82) is 0 Å². The fraction of sp³-hybridized carbons (Fsp3) is 0.600. The first kappa shape index (κ1) is 13.9. The summed E-state index contributed by atoms with van der Waals surface area (Å²) in [4.78, 5) is 9.72. The average Bonchev–Trinajstić information content (AvgIpc) is 2.70. The molecule has 4 N–H and O–H groups in total. The largest absolute Gasteiger partial charge is 0.383 e. The number of nitrogens with one attached hydrogen (secondary N) is 2. The Kier molecular flexibility index (Phi) is 5.88. The van der Waals surface area contributed by atoms with Crippen LogP contribution < -0.4 is 16.6 Å². The Labute approximate surface area is 105 Å². The third-order valence-corrected chi connectivity index (χ3v) is 2.88. The molecule has 0 bridgehead atoms. The lowest BCUT2D eigenvalue weighted by Crippen LogP contribution is -2.46. The number of hydrogen-bond donors (Lipinski definition) is 3. The maximum Gasteiger partial charge on any atom is 0.206 e. The van der Waals surface area contributed by atoms with Crippen molar-refractivity contribution in [3.05, 3.63) is 16.1 Å². The Balaban J connectivity index is 2.49. The zero-order valence-electron chi connectivity index (χ0n) is 10.4. The number of nitrogens with two attached hydrogens (primary N) is 1. The molecule has 1 heterocycles. The van der Waals surface area contributed by atoms with Crippen LogP contribution in [0.1, 0.15) is 16.8 Å². The Morgan fingerprint density at radius 3 is 3.00 bits per heavy atom. The predicted molar refractivity (Wildman–Crippen MR) is 69.8 cm³/mol. The van der Waals surface area contributed by atoms with Crippen LogP contribution in [0, 0.1) is 6.92 Å². The van der Waals surface area contributed by atoms with Gasteiger partial charge in [0.25, 0.3) is 0 Å². The molecule has 0 saturated heterocycles. The second kappa shape index (κ2) is 7.21. The molecule has 17 heavy (non-hydrogen) atoms. The minimum atomic E-state index is 0.146. The smallest absolute Gasteiger partial charge is 0.206 e. The number of methoxy groups -OCH3 is 1. The van der Waals surface area contributed by atoms with Crippen LogP contribution in [0.4, 0.5) is 0 Å². The molecule has 1 unspecified atom stereocenters. The van der Waals surface area contributed by atoms with Gasteiger partial charge in [0.05, 0.1) is 13.2 Å². The Morgan fingerprint density at radius 1 is 1.71 bits per heavy atom. The first-order valence-electron chi connectivity index (χ1n) is 5.33.